The van der Waals surface area contributed by atoms with Crippen LogP contribution in [0.4, 0.5) is 0 Å². The number of fused-ring (bicyclic) bond motifs is 1. The molecule has 0 saturated heterocycles. The zero-order valence-corrected chi connectivity index (χ0v) is 17.6. The Morgan fingerprint density at radius 3 is 2.90 bits per heavy atom. The molecular formula is C23H16N2O3S2. The maximum Gasteiger partial charge on any atom is 0.338 e. The number of hydrogen-bond donors (Lipinski definition) is 0. The van der Waals surface area contributed by atoms with Gasteiger partial charge in [-0.15, -0.1) is 11.3 Å². The largest absolute Gasteiger partial charge is 0.462 e. The summed E-state index contributed by atoms with van der Waals surface area (Å²) in [6, 6.07) is 20.8. The summed E-state index contributed by atoms with van der Waals surface area (Å²) in [4.78, 5) is 17.0. The first-order valence-corrected chi connectivity index (χ1v) is 10.8. The van der Waals surface area contributed by atoms with E-state index in [2.05, 4.69) is 11.1 Å². The lowest BCUT2D eigenvalue weighted by Gasteiger charge is -2.03. The highest BCUT2D eigenvalue weighted by atomic mass is 32.2. The second-order valence-corrected chi connectivity index (χ2v) is 8.49. The van der Waals surface area contributed by atoms with Crippen LogP contribution in [0, 0.1) is 11.3 Å². The minimum absolute atomic E-state index is 0.321. The second kappa shape index (κ2) is 8.99. The molecule has 7 heteroatoms. The van der Waals surface area contributed by atoms with Gasteiger partial charge in [0.2, 0.25) is 0 Å². The van der Waals surface area contributed by atoms with E-state index in [-0.39, 0.29) is 5.97 Å². The van der Waals surface area contributed by atoms with Crippen LogP contribution >= 0.6 is 23.1 Å². The number of ether oxygens (including phenoxy) is 1. The fourth-order valence-corrected chi connectivity index (χ4v) is 4.76. The summed E-state index contributed by atoms with van der Waals surface area (Å²) in [6.07, 6.45) is 1.69. The molecule has 4 rings (SSSR count). The predicted molar refractivity (Wildman–Crippen MR) is 119 cm³/mol. The molecule has 0 unspecified atom stereocenters. The number of allylic oxidation sites excluding steroid dienone is 1. The van der Waals surface area contributed by atoms with E-state index in [0.29, 0.717) is 28.6 Å². The van der Waals surface area contributed by atoms with Gasteiger partial charge in [-0.2, -0.15) is 5.26 Å². The van der Waals surface area contributed by atoms with Crippen molar-refractivity contribution in [3.63, 3.8) is 0 Å². The van der Waals surface area contributed by atoms with Crippen LogP contribution in [0.15, 0.2) is 74.3 Å². The molecule has 0 amide bonds. The molecule has 0 aliphatic rings. The highest BCUT2D eigenvalue weighted by molar-refractivity contribution is 8.05. The number of thioether (sulfide) groups is 1. The van der Waals surface area contributed by atoms with E-state index < -0.39 is 0 Å². The summed E-state index contributed by atoms with van der Waals surface area (Å²) in [5.41, 5.74) is 2.15. The van der Waals surface area contributed by atoms with E-state index in [0.717, 1.165) is 20.1 Å². The molecule has 2 aromatic carbocycles. The molecule has 0 bridgehead atoms. The number of thiazole rings is 1. The number of aromatic nitrogens is 1. The Balaban J connectivity index is 1.55. The van der Waals surface area contributed by atoms with Crippen molar-refractivity contribution in [2.45, 2.75) is 11.3 Å². The smallest absolute Gasteiger partial charge is 0.338 e. The molecule has 5 nitrogen and oxygen atoms in total. The molecule has 0 atom stereocenters. The van der Waals surface area contributed by atoms with E-state index in [1.54, 1.807) is 48.6 Å². The lowest BCUT2D eigenvalue weighted by molar-refractivity contribution is 0.0526. The average Bonchev–Trinajstić information content (AvgIpc) is 3.40. The van der Waals surface area contributed by atoms with Gasteiger partial charge in [0.15, 0.2) is 4.34 Å². The zero-order chi connectivity index (χ0) is 20.9. The number of nitriles is 1. The van der Waals surface area contributed by atoms with E-state index >= 15 is 0 Å². The zero-order valence-electron chi connectivity index (χ0n) is 16.0. The van der Waals surface area contributed by atoms with Gasteiger partial charge in [0.1, 0.15) is 17.6 Å². The van der Waals surface area contributed by atoms with Gasteiger partial charge in [-0.1, -0.05) is 24.3 Å². The van der Waals surface area contributed by atoms with Gasteiger partial charge in [-0.3, -0.25) is 0 Å². The molecule has 4 aromatic rings. The van der Waals surface area contributed by atoms with Crippen LogP contribution in [0.3, 0.4) is 0 Å². The van der Waals surface area contributed by atoms with Crippen molar-refractivity contribution in [3.8, 4) is 17.4 Å². The first-order chi connectivity index (χ1) is 14.7. The fraction of sp³-hybridized carbons (Fsp3) is 0.0870. The number of furan rings is 1. The molecule has 2 heterocycles. The topological polar surface area (TPSA) is 76.1 Å². The van der Waals surface area contributed by atoms with Crippen LogP contribution in [0.2, 0.25) is 0 Å². The minimum Gasteiger partial charge on any atom is -0.462 e. The van der Waals surface area contributed by atoms with Gasteiger partial charge in [-0.25, -0.2) is 9.78 Å². The molecule has 30 heavy (non-hydrogen) atoms. The summed E-state index contributed by atoms with van der Waals surface area (Å²) >= 11 is 2.86. The number of benzene rings is 2. The fourth-order valence-electron chi connectivity index (χ4n) is 2.80. The predicted octanol–water partition coefficient (Wildman–Crippen LogP) is 6.39. The lowest BCUT2D eigenvalue weighted by Crippen LogP contribution is -2.04. The Labute approximate surface area is 181 Å². The van der Waals surface area contributed by atoms with E-state index in [1.165, 1.54) is 11.8 Å². The number of rotatable bonds is 6. The van der Waals surface area contributed by atoms with Gasteiger partial charge >= 0.3 is 5.97 Å². The van der Waals surface area contributed by atoms with Crippen LogP contribution in [-0.4, -0.2) is 17.6 Å². The Kier molecular flexibility index (Phi) is 5.98. The third-order valence-corrected chi connectivity index (χ3v) is 6.17. The molecule has 0 fully saturated rings. The molecule has 0 saturated carbocycles. The molecule has 0 aliphatic carbocycles. The first-order valence-electron chi connectivity index (χ1n) is 9.19. The Bertz CT molecular complexity index is 1250. The van der Waals surface area contributed by atoms with Crippen LogP contribution in [0.5, 0.6) is 0 Å². The van der Waals surface area contributed by atoms with Crippen molar-refractivity contribution in [1.29, 1.82) is 5.26 Å². The van der Waals surface area contributed by atoms with Crippen molar-refractivity contribution in [3.05, 3.63) is 76.9 Å². The molecule has 0 aliphatic heterocycles. The normalized spacial score (nSPS) is 11.4. The third-order valence-electron chi connectivity index (χ3n) is 4.14. The number of carbonyl (C=O) groups is 1. The first kappa shape index (κ1) is 20.0. The third kappa shape index (κ3) is 4.46. The summed E-state index contributed by atoms with van der Waals surface area (Å²) in [6.45, 7) is 2.09. The van der Waals surface area contributed by atoms with Crippen molar-refractivity contribution >= 4 is 45.4 Å². The number of hydrogen-bond acceptors (Lipinski definition) is 7. The van der Waals surface area contributed by atoms with Crippen molar-refractivity contribution in [2.24, 2.45) is 0 Å². The number of carbonyl (C=O) groups excluding carboxylic acids is 1. The lowest BCUT2D eigenvalue weighted by atomic mass is 10.1. The van der Waals surface area contributed by atoms with Gasteiger partial charge in [0.25, 0.3) is 0 Å². The molecule has 0 N–H and O–H groups in total. The van der Waals surface area contributed by atoms with Gasteiger partial charge < -0.3 is 9.15 Å². The van der Waals surface area contributed by atoms with Crippen LogP contribution < -0.4 is 0 Å². The van der Waals surface area contributed by atoms with Gasteiger partial charge in [0, 0.05) is 11.6 Å². The SMILES string of the molecule is CCOC(=O)c1cccc(-c2ccc(C=C(C#N)Sc3nc4ccccc4s3)o2)c1. The van der Waals surface area contributed by atoms with Crippen LogP contribution in [0.1, 0.15) is 23.0 Å². The monoisotopic (exact) mass is 432 g/mol. The Morgan fingerprint density at radius 2 is 2.10 bits per heavy atom. The van der Waals surface area contributed by atoms with Crippen molar-refractivity contribution in [1.82, 2.24) is 4.98 Å². The minimum atomic E-state index is -0.370. The molecule has 0 spiro atoms. The number of para-hydroxylation sites is 1. The molecule has 148 valence electrons. The molecule has 0 radical (unpaired) electrons. The van der Waals surface area contributed by atoms with Gasteiger partial charge in [0.05, 0.1) is 27.3 Å². The van der Waals surface area contributed by atoms with Gasteiger partial charge in [-0.05, 0) is 55.1 Å². The standard InChI is InChI=1S/C23H16N2O3S2/c1-2-27-22(26)16-7-5-6-15(12-16)20-11-10-17(28-20)13-18(14-24)29-23-25-19-8-3-4-9-21(19)30-23/h3-13H,2H2,1H3. The highest BCUT2D eigenvalue weighted by Crippen LogP contribution is 2.35. The maximum atomic E-state index is 11.9. The highest BCUT2D eigenvalue weighted by Gasteiger charge is 2.11. The van der Waals surface area contributed by atoms with Crippen molar-refractivity contribution in [2.75, 3.05) is 6.61 Å². The summed E-state index contributed by atoms with van der Waals surface area (Å²) in [7, 11) is 0. The number of nitrogens with zero attached hydrogens (tertiary/aromatic N) is 2. The Morgan fingerprint density at radius 1 is 1.23 bits per heavy atom. The van der Waals surface area contributed by atoms with Crippen molar-refractivity contribution < 1.29 is 13.9 Å². The molecule has 2 aromatic heterocycles. The maximum absolute atomic E-state index is 11.9. The quantitative estimate of drug-likeness (QED) is 0.200. The number of esters is 1. The second-order valence-electron chi connectivity index (χ2n) is 6.17. The van der Waals surface area contributed by atoms with Crippen LogP contribution in [0.25, 0.3) is 27.6 Å². The van der Waals surface area contributed by atoms with E-state index in [1.807, 2.05) is 36.4 Å². The van der Waals surface area contributed by atoms with E-state index in [9.17, 15) is 10.1 Å². The average molecular weight is 433 g/mol. The molecular weight excluding hydrogens is 416 g/mol. The Hall–Kier alpha value is -3.34. The summed E-state index contributed by atoms with van der Waals surface area (Å²) < 4.78 is 12.8. The van der Waals surface area contributed by atoms with Crippen LogP contribution in [-0.2, 0) is 4.74 Å². The summed E-state index contributed by atoms with van der Waals surface area (Å²) in [5.74, 6) is 0.788. The van der Waals surface area contributed by atoms with E-state index in [4.69, 9.17) is 9.15 Å². The summed E-state index contributed by atoms with van der Waals surface area (Å²) in [5, 5.41) is 9.54.